The predicted octanol–water partition coefficient (Wildman–Crippen LogP) is 1.45. The van der Waals surface area contributed by atoms with Gasteiger partial charge in [-0.25, -0.2) is 0 Å². The lowest BCUT2D eigenvalue weighted by Gasteiger charge is -2.37. The van der Waals surface area contributed by atoms with Crippen LogP contribution >= 0.6 is 0 Å². The molecule has 0 spiro atoms. The van der Waals surface area contributed by atoms with Crippen molar-refractivity contribution < 1.29 is 14.1 Å². The normalized spacial score (nSPS) is 24.4. The van der Waals surface area contributed by atoms with Crippen LogP contribution in [0.5, 0.6) is 0 Å². The number of piperazine rings is 1. The van der Waals surface area contributed by atoms with Crippen LogP contribution in [0.1, 0.15) is 31.7 Å². The summed E-state index contributed by atoms with van der Waals surface area (Å²) in [4.78, 5) is 21.4. The van der Waals surface area contributed by atoms with Crippen molar-refractivity contribution in [1.29, 1.82) is 0 Å². The van der Waals surface area contributed by atoms with Crippen molar-refractivity contribution in [1.82, 2.24) is 19.9 Å². The van der Waals surface area contributed by atoms with Crippen LogP contribution in [0.15, 0.2) is 34.9 Å². The fourth-order valence-corrected chi connectivity index (χ4v) is 3.86. The predicted molar refractivity (Wildman–Crippen MR) is 103 cm³/mol. The molecule has 2 aliphatic rings. The van der Waals surface area contributed by atoms with Crippen LogP contribution in [0.25, 0.3) is 11.4 Å². The summed E-state index contributed by atoms with van der Waals surface area (Å²) in [5.74, 6) is 1.29. The Labute approximate surface area is 164 Å². The number of amides is 1. The molecule has 1 aromatic carbocycles. The Bertz CT molecular complexity index is 788. The SMILES string of the molecule is CC(c1nc(-c2ccccc2)no1)N1CCN(C(=O)[C@@H]2CC[C@H](CN)O2)CC1. The van der Waals surface area contributed by atoms with E-state index in [2.05, 4.69) is 22.0 Å². The Morgan fingerprint density at radius 1 is 1.21 bits per heavy atom. The number of aromatic nitrogens is 2. The molecule has 1 aromatic heterocycles. The number of ether oxygens (including phenoxy) is 1. The van der Waals surface area contributed by atoms with Crippen molar-refractivity contribution in [2.24, 2.45) is 5.73 Å². The molecule has 28 heavy (non-hydrogen) atoms. The Morgan fingerprint density at radius 3 is 2.64 bits per heavy atom. The third-order valence-corrected chi connectivity index (χ3v) is 5.65. The Morgan fingerprint density at radius 2 is 1.96 bits per heavy atom. The zero-order valence-electron chi connectivity index (χ0n) is 16.2. The van der Waals surface area contributed by atoms with Crippen molar-refractivity contribution in [3.05, 3.63) is 36.2 Å². The van der Waals surface area contributed by atoms with E-state index in [1.165, 1.54) is 0 Å². The van der Waals surface area contributed by atoms with Crippen LogP contribution < -0.4 is 5.73 Å². The number of carbonyl (C=O) groups is 1. The Hall–Kier alpha value is -2.29. The van der Waals surface area contributed by atoms with Crippen LogP contribution in [-0.4, -0.2) is 70.8 Å². The summed E-state index contributed by atoms with van der Waals surface area (Å²) in [7, 11) is 0. The molecule has 0 bridgehead atoms. The molecule has 150 valence electrons. The van der Waals surface area contributed by atoms with Gasteiger partial charge in [0, 0.05) is 38.3 Å². The highest BCUT2D eigenvalue weighted by atomic mass is 16.5. The molecule has 1 amide bonds. The first-order valence-corrected chi connectivity index (χ1v) is 9.93. The van der Waals surface area contributed by atoms with Gasteiger partial charge in [-0.15, -0.1) is 0 Å². The van der Waals surface area contributed by atoms with Gasteiger partial charge in [0.05, 0.1) is 12.1 Å². The fraction of sp³-hybridized carbons (Fsp3) is 0.550. The van der Waals surface area contributed by atoms with Gasteiger partial charge in [0.2, 0.25) is 11.7 Å². The van der Waals surface area contributed by atoms with Gasteiger partial charge in [0.1, 0.15) is 6.10 Å². The van der Waals surface area contributed by atoms with E-state index in [0.29, 0.717) is 31.3 Å². The van der Waals surface area contributed by atoms with Gasteiger partial charge in [-0.2, -0.15) is 4.98 Å². The minimum absolute atomic E-state index is 0.00608. The summed E-state index contributed by atoms with van der Waals surface area (Å²) in [5, 5.41) is 4.11. The van der Waals surface area contributed by atoms with E-state index >= 15 is 0 Å². The van der Waals surface area contributed by atoms with Crippen molar-refractivity contribution in [2.45, 2.75) is 38.0 Å². The monoisotopic (exact) mass is 385 g/mol. The second-order valence-corrected chi connectivity index (χ2v) is 7.42. The zero-order chi connectivity index (χ0) is 19.5. The zero-order valence-corrected chi connectivity index (χ0v) is 16.2. The van der Waals surface area contributed by atoms with Gasteiger partial charge >= 0.3 is 0 Å². The summed E-state index contributed by atoms with van der Waals surface area (Å²) in [5.41, 5.74) is 6.58. The van der Waals surface area contributed by atoms with E-state index in [-0.39, 0.29) is 24.2 Å². The second-order valence-electron chi connectivity index (χ2n) is 7.42. The topological polar surface area (TPSA) is 97.7 Å². The van der Waals surface area contributed by atoms with Gasteiger partial charge < -0.3 is 19.9 Å². The smallest absolute Gasteiger partial charge is 0.251 e. The third-order valence-electron chi connectivity index (χ3n) is 5.65. The van der Waals surface area contributed by atoms with Crippen molar-refractivity contribution in [3.63, 3.8) is 0 Å². The molecule has 2 aromatic rings. The number of rotatable bonds is 5. The molecule has 2 fully saturated rings. The standard InChI is InChI=1S/C20H27N5O3/c1-14(19-22-18(23-28-19)15-5-3-2-4-6-15)24-9-11-25(12-10-24)20(26)17-8-7-16(13-21)27-17/h2-6,14,16-17H,7-13,21H2,1H3/t14?,16-,17+/m1/s1. The number of hydrogen-bond donors (Lipinski definition) is 1. The first kappa shape index (κ1) is 19.0. The molecular formula is C20H27N5O3. The molecule has 8 heteroatoms. The molecule has 2 saturated heterocycles. The van der Waals surface area contributed by atoms with Gasteiger partial charge in [-0.05, 0) is 19.8 Å². The molecule has 0 saturated carbocycles. The molecule has 0 aliphatic carbocycles. The van der Waals surface area contributed by atoms with Gasteiger partial charge in [0.15, 0.2) is 0 Å². The van der Waals surface area contributed by atoms with Crippen molar-refractivity contribution >= 4 is 5.91 Å². The first-order chi connectivity index (χ1) is 13.7. The highest BCUT2D eigenvalue weighted by molar-refractivity contribution is 5.81. The molecule has 3 heterocycles. The Balaban J connectivity index is 1.32. The van der Waals surface area contributed by atoms with Crippen LogP contribution in [0.4, 0.5) is 0 Å². The maximum Gasteiger partial charge on any atom is 0.251 e. The highest BCUT2D eigenvalue weighted by Gasteiger charge is 2.35. The summed E-state index contributed by atoms with van der Waals surface area (Å²) in [6.07, 6.45) is 1.32. The second kappa shape index (κ2) is 8.38. The van der Waals surface area contributed by atoms with E-state index in [1.54, 1.807) is 0 Å². The van der Waals surface area contributed by atoms with Crippen LogP contribution in [0, 0.1) is 0 Å². The van der Waals surface area contributed by atoms with E-state index in [1.807, 2.05) is 35.2 Å². The molecule has 2 aliphatic heterocycles. The number of carbonyl (C=O) groups excluding carboxylic acids is 1. The van der Waals surface area contributed by atoms with Gasteiger partial charge in [-0.1, -0.05) is 35.5 Å². The average molecular weight is 385 g/mol. The number of nitrogens with two attached hydrogens (primary N) is 1. The molecule has 0 radical (unpaired) electrons. The summed E-state index contributed by atoms with van der Waals surface area (Å²) >= 11 is 0. The third kappa shape index (κ3) is 3.94. The lowest BCUT2D eigenvalue weighted by molar-refractivity contribution is -0.144. The van der Waals surface area contributed by atoms with Gasteiger partial charge in [-0.3, -0.25) is 9.69 Å². The molecule has 1 unspecified atom stereocenters. The number of benzene rings is 1. The Kier molecular flexibility index (Phi) is 5.70. The molecular weight excluding hydrogens is 358 g/mol. The van der Waals surface area contributed by atoms with Crippen molar-refractivity contribution in [3.8, 4) is 11.4 Å². The minimum Gasteiger partial charge on any atom is -0.364 e. The summed E-state index contributed by atoms with van der Waals surface area (Å²) in [6, 6.07) is 9.80. The summed E-state index contributed by atoms with van der Waals surface area (Å²) < 4.78 is 11.2. The van der Waals surface area contributed by atoms with E-state index in [4.69, 9.17) is 15.0 Å². The maximum absolute atomic E-state index is 12.7. The highest BCUT2D eigenvalue weighted by Crippen LogP contribution is 2.25. The lowest BCUT2D eigenvalue weighted by atomic mass is 10.1. The van der Waals surface area contributed by atoms with Crippen LogP contribution in [-0.2, 0) is 9.53 Å². The largest absolute Gasteiger partial charge is 0.364 e. The maximum atomic E-state index is 12.7. The van der Waals surface area contributed by atoms with Crippen LogP contribution in [0.3, 0.4) is 0 Å². The van der Waals surface area contributed by atoms with Gasteiger partial charge in [0.25, 0.3) is 5.91 Å². The quantitative estimate of drug-likeness (QED) is 0.832. The lowest BCUT2D eigenvalue weighted by Crippen LogP contribution is -2.52. The fourth-order valence-electron chi connectivity index (χ4n) is 3.86. The van der Waals surface area contributed by atoms with E-state index in [0.717, 1.165) is 31.5 Å². The number of hydrogen-bond acceptors (Lipinski definition) is 7. The molecule has 3 atom stereocenters. The van der Waals surface area contributed by atoms with Crippen LogP contribution in [0.2, 0.25) is 0 Å². The molecule has 4 rings (SSSR count). The van der Waals surface area contributed by atoms with E-state index in [9.17, 15) is 4.79 Å². The average Bonchev–Trinajstić information content (AvgIpc) is 3.43. The first-order valence-electron chi connectivity index (χ1n) is 9.93. The summed E-state index contributed by atoms with van der Waals surface area (Å²) in [6.45, 7) is 5.42. The number of nitrogens with zero attached hydrogens (tertiary/aromatic N) is 4. The minimum atomic E-state index is -0.332. The molecule has 2 N–H and O–H groups in total. The van der Waals surface area contributed by atoms with Crippen molar-refractivity contribution in [2.75, 3.05) is 32.7 Å². The van der Waals surface area contributed by atoms with E-state index < -0.39 is 0 Å². The molecule has 8 nitrogen and oxygen atoms in total.